The Bertz CT molecular complexity index is 150. The maximum absolute atomic E-state index is 11.4. The average molecular weight is 183 g/mol. The molecule has 1 N–H and O–H groups in total. The highest BCUT2D eigenvalue weighted by atomic mass is 16.1. The van der Waals surface area contributed by atoms with Crippen molar-refractivity contribution in [3.05, 3.63) is 0 Å². The lowest BCUT2D eigenvalue weighted by molar-refractivity contribution is -0.120. The molecule has 0 aromatic carbocycles. The SMILES string of the molecule is CNCCCC(=O)CC1CCCC1. The Kier molecular flexibility index (Phi) is 5.06. The molecule has 2 heteroatoms. The molecule has 2 nitrogen and oxygen atoms in total. The van der Waals surface area contributed by atoms with Gasteiger partial charge in [0.1, 0.15) is 5.78 Å². The minimum atomic E-state index is 0.474. The Morgan fingerprint density at radius 3 is 2.69 bits per heavy atom. The van der Waals surface area contributed by atoms with E-state index in [4.69, 9.17) is 0 Å². The Balaban J connectivity index is 2.02. The van der Waals surface area contributed by atoms with Crippen LogP contribution in [0.5, 0.6) is 0 Å². The standard InChI is InChI=1S/C11H21NO/c1-12-8-4-7-11(13)9-10-5-2-3-6-10/h10,12H,2-9H2,1H3. The number of carbonyl (C=O) groups excluding carboxylic acids is 1. The molecule has 0 bridgehead atoms. The molecule has 0 amide bonds. The summed E-state index contributed by atoms with van der Waals surface area (Å²) in [4.78, 5) is 11.4. The molecule has 0 heterocycles. The molecule has 0 aromatic rings. The predicted molar refractivity (Wildman–Crippen MR) is 54.7 cm³/mol. The van der Waals surface area contributed by atoms with E-state index in [2.05, 4.69) is 5.32 Å². The maximum atomic E-state index is 11.4. The van der Waals surface area contributed by atoms with Gasteiger partial charge in [-0.15, -0.1) is 0 Å². The monoisotopic (exact) mass is 183 g/mol. The van der Waals surface area contributed by atoms with Crippen molar-refractivity contribution < 1.29 is 4.79 Å². The third kappa shape index (κ3) is 4.41. The van der Waals surface area contributed by atoms with Crippen molar-refractivity contribution in [2.75, 3.05) is 13.6 Å². The smallest absolute Gasteiger partial charge is 0.133 e. The second-order valence-corrected chi connectivity index (χ2v) is 4.10. The summed E-state index contributed by atoms with van der Waals surface area (Å²) in [6, 6.07) is 0. The summed E-state index contributed by atoms with van der Waals surface area (Å²) in [6.45, 7) is 0.969. The lowest BCUT2D eigenvalue weighted by Gasteiger charge is -2.06. The first-order chi connectivity index (χ1) is 6.33. The van der Waals surface area contributed by atoms with Crippen LogP contribution in [0.3, 0.4) is 0 Å². The van der Waals surface area contributed by atoms with Crippen molar-refractivity contribution in [2.24, 2.45) is 5.92 Å². The van der Waals surface area contributed by atoms with Crippen molar-refractivity contribution >= 4 is 5.78 Å². The number of ketones is 1. The molecule has 1 aliphatic rings. The zero-order valence-corrected chi connectivity index (χ0v) is 8.64. The fourth-order valence-electron chi connectivity index (χ4n) is 2.10. The van der Waals surface area contributed by atoms with E-state index in [0.717, 1.165) is 31.7 Å². The molecule has 0 unspecified atom stereocenters. The van der Waals surface area contributed by atoms with Crippen LogP contribution in [-0.2, 0) is 4.79 Å². The Labute approximate surface area is 81.1 Å². The molecular weight excluding hydrogens is 162 g/mol. The summed E-state index contributed by atoms with van der Waals surface area (Å²) in [5, 5.41) is 3.06. The van der Waals surface area contributed by atoms with E-state index in [1.54, 1.807) is 0 Å². The van der Waals surface area contributed by atoms with Gasteiger partial charge in [-0.2, -0.15) is 0 Å². The molecule has 0 aliphatic heterocycles. The normalized spacial score (nSPS) is 17.9. The van der Waals surface area contributed by atoms with E-state index in [-0.39, 0.29) is 0 Å². The van der Waals surface area contributed by atoms with Crippen molar-refractivity contribution in [1.82, 2.24) is 5.32 Å². The first-order valence-corrected chi connectivity index (χ1v) is 5.49. The summed E-state index contributed by atoms with van der Waals surface area (Å²) >= 11 is 0. The van der Waals surface area contributed by atoms with E-state index in [0.29, 0.717) is 5.78 Å². The van der Waals surface area contributed by atoms with Gasteiger partial charge in [0, 0.05) is 12.8 Å². The number of hydrogen-bond donors (Lipinski definition) is 1. The van der Waals surface area contributed by atoms with Gasteiger partial charge in [-0.1, -0.05) is 25.7 Å². The maximum Gasteiger partial charge on any atom is 0.133 e. The first kappa shape index (κ1) is 10.7. The highest BCUT2D eigenvalue weighted by molar-refractivity contribution is 5.78. The molecule has 0 spiro atoms. The molecule has 0 aromatic heterocycles. The average Bonchev–Trinajstić information content (AvgIpc) is 2.57. The second kappa shape index (κ2) is 6.14. The number of carbonyl (C=O) groups is 1. The molecule has 1 aliphatic carbocycles. The van der Waals surface area contributed by atoms with Crippen LogP contribution < -0.4 is 5.32 Å². The van der Waals surface area contributed by atoms with Gasteiger partial charge in [-0.05, 0) is 25.9 Å². The van der Waals surface area contributed by atoms with Crippen LogP contribution in [-0.4, -0.2) is 19.4 Å². The zero-order chi connectivity index (χ0) is 9.52. The number of hydrogen-bond acceptors (Lipinski definition) is 2. The fraction of sp³-hybridized carbons (Fsp3) is 0.909. The minimum Gasteiger partial charge on any atom is -0.320 e. The van der Waals surface area contributed by atoms with Crippen molar-refractivity contribution in [3.8, 4) is 0 Å². The summed E-state index contributed by atoms with van der Waals surface area (Å²) in [5.41, 5.74) is 0. The van der Waals surface area contributed by atoms with E-state index in [9.17, 15) is 4.79 Å². The Morgan fingerprint density at radius 2 is 2.08 bits per heavy atom. The van der Waals surface area contributed by atoms with Crippen LogP contribution in [0.4, 0.5) is 0 Å². The molecule has 0 atom stereocenters. The van der Waals surface area contributed by atoms with Crippen LogP contribution in [0.2, 0.25) is 0 Å². The van der Waals surface area contributed by atoms with E-state index < -0.39 is 0 Å². The van der Waals surface area contributed by atoms with Crippen molar-refractivity contribution in [3.63, 3.8) is 0 Å². The van der Waals surface area contributed by atoms with Crippen LogP contribution in [0.1, 0.15) is 44.9 Å². The highest BCUT2D eigenvalue weighted by Crippen LogP contribution is 2.27. The van der Waals surface area contributed by atoms with Gasteiger partial charge < -0.3 is 5.32 Å². The van der Waals surface area contributed by atoms with E-state index in [1.807, 2.05) is 7.05 Å². The van der Waals surface area contributed by atoms with Gasteiger partial charge in [-0.3, -0.25) is 4.79 Å². The number of nitrogens with one attached hydrogen (secondary N) is 1. The molecule has 1 fully saturated rings. The molecular formula is C11H21NO. The third-order valence-electron chi connectivity index (χ3n) is 2.87. The van der Waals surface area contributed by atoms with Gasteiger partial charge in [-0.25, -0.2) is 0 Å². The molecule has 1 saturated carbocycles. The third-order valence-corrected chi connectivity index (χ3v) is 2.87. The summed E-state index contributed by atoms with van der Waals surface area (Å²) < 4.78 is 0. The first-order valence-electron chi connectivity index (χ1n) is 5.49. The van der Waals surface area contributed by atoms with Crippen molar-refractivity contribution in [2.45, 2.75) is 44.9 Å². The van der Waals surface area contributed by atoms with Gasteiger partial charge >= 0.3 is 0 Å². The van der Waals surface area contributed by atoms with Gasteiger partial charge in [0.25, 0.3) is 0 Å². The molecule has 76 valence electrons. The van der Waals surface area contributed by atoms with E-state index >= 15 is 0 Å². The largest absolute Gasteiger partial charge is 0.320 e. The molecule has 0 saturated heterocycles. The Morgan fingerprint density at radius 1 is 1.38 bits per heavy atom. The van der Waals surface area contributed by atoms with Crippen molar-refractivity contribution in [1.29, 1.82) is 0 Å². The minimum absolute atomic E-state index is 0.474. The molecule has 13 heavy (non-hydrogen) atoms. The molecule has 0 radical (unpaired) electrons. The second-order valence-electron chi connectivity index (χ2n) is 4.10. The van der Waals surface area contributed by atoms with Crippen LogP contribution in [0.25, 0.3) is 0 Å². The van der Waals surface area contributed by atoms with E-state index in [1.165, 1.54) is 25.7 Å². The summed E-state index contributed by atoms with van der Waals surface area (Å²) in [5.74, 6) is 1.20. The summed E-state index contributed by atoms with van der Waals surface area (Å²) in [6.07, 6.45) is 7.89. The highest BCUT2D eigenvalue weighted by Gasteiger charge is 2.17. The van der Waals surface area contributed by atoms with Gasteiger partial charge in [0.05, 0.1) is 0 Å². The lowest BCUT2D eigenvalue weighted by atomic mass is 9.99. The number of rotatable bonds is 6. The van der Waals surface area contributed by atoms with Crippen LogP contribution in [0, 0.1) is 5.92 Å². The van der Waals surface area contributed by atoms with Crippen LogP contribution >= 0.6 is 0 Å². The van der Waals surface area contributed by atoms with Crippen LogP contribution in [0.15, 0.2) is 0 Å². The quantitative estimate of drug-likeness (QED) is 0.639. The molecule has 1 rings (SSSR count). The summed E-state index contributed by atoms with van der Waals surface area (Å²) in [7, 11) is 1.93. The topological polar surface area (TPSA) is 29.1 Å². The fourth-order valence-corrected chi connectivity index (χ4v) is 2.10. The zero-order valence-electron chi connectivity index (χ0n) is 8.64. The number of Topliss-reactive ketones (excluding diaryl/α,β-unsaturated/α-hetero) is 1. The predicted octanol–water partition coefficient (Wildman–Crippen LogP) is 2.14. The van der Waals surface area contributed by atoms with Gasteiger partial charge in [0.2, 0.25) is 0 Å². The Hall–Kier alpha value is -0.370. The lowest BCUT2D eigenvalue weighted by Crippen LogP contribution is -2.11. The van der Waals surface area contributed by atoms with Gasteiger partial charge in [0.15, 0.2) is 0 Å².